The van der Waals surface area contributed by atoms with Gasteiger partial charge in [-0.25, -0.2) is 0 Å². The quantitative estimate of drug-likeness (QED) is 0.713. The van der Waals surface area contributed by atoms with Gasteiger partial charge in [-0.15, -0.1) is 0 Å². The zero-order chi connectivity index (χ0) is 11.5. The van der Waals surface area contributed by atoms with Gasteiger partial charge in [-0.2, -0.15) is 0 Å². The molecule has 0 atom stereocenters. The zero-order valence-corrected chi connectivity index (χ0v) is 10.6. The molecule has 3 nitrogen and oxygen atoms in total. The second-order valence-corrected chi connectivity index (χ2v) is 5.50. The molecule has 0 radical (unpaired) electrons. The molecular formula is C13H24N2O. The van der Waals surface area contributed by atoms with E-state index in [-0.39, 0.29) is 0 Å². The smallest absolute Gasteiger partial charge is 0.225 e. The van der Waals surface area contributed by atoms with E-state index >= 15 is 0 Å². The summed E-state index contributed by atoms with van der Waals surface area (Å²) in [7, 11) is 4.28. The number of amides is 1. The van der Waals surface area contributed by atoms with Gasteiger partial charge < -0.3 is 9.80 Å². The van der Waals surface area contributed by atoms with Crippen LogP contribution in [-0.2, 0) is 4.79 Å². The maximum atomic E-state index is 12.2. The van der Waals surface area contributed by atoms with Crippen LogP contribution in [0.2, 0.25) is 0 Å². The van der Waals surface area contributed by atoms with Crippen LogP contribution >= 0.6 is 0 Å². The van der Waals surface area contributed by atoms with E-state index < -0.39 is 0 Å². The molecule has 3 heteroatoms. The third-order valence-corrected chi connectivity index (χ3v) is 4.21. The summed E-state index contributed by atoms with van der Waals surface area (Å²) in [5, 5.41) is 0. The van der Waals surface area contributed by atoms with E-state index in [4.69, 9.17) is 0 Å². The Morgan fingerprint density at radius 1 is 1.06 bits per heavy atom. The van der Waals surface area contributed by atoms with Gasteiger partial charge in [-0.1, -0.05) is 12.8 Å². The molecule has 16 heavy (non-hydrogen) atoms. The van der Waals surface area contributed by atoms with Gasteiger partial charge in [0.25, 0.3) is 0 Å². The maximum absolute atomic E-state index is 12.2. The zero-order valence-electron chi connectivity index (χ0n) is 10.6. The summed E-state index contributed by atoms with van der Waals surface area (Å²) in [6, 6.07) is 0.674. The van der Waals surface area contributed by atoms with E-state index in [0.717, 1.165) is 38.8 Å². The van der Waals surface area contributed by atoms with E-state index in [1.54, 1.807) is 0 Å². The molecule has 1 amide bonds. The third-order valence-electron chi connectivity index (χ3n) is 4.21. The minimum absolute atomic E-state index is 0.357. The lowest BCUT2D eigenvalue weighted by Crippen LogP contribution is -2.46. The van der Waals surface area contributed by atoms with Crippen molar-refractivity contribution < 1.29 is 4.79 Å². The van der Waals surface area contributed by atoms with Crippen LogP contribution < -0.4 is 0 Å². The van der Waals surface area contributed by atoms with Crippen LogP contribution in [0, 0.1) is 5.92 Å². The number of carbonyl (C=O) groups is 1. The van der Waals surface area contributed by atoms with Crippen molar-refractivity contribution in [1.29, 1.82) is 0 Å². The maximum Gasteiger partial charge on any atom is 0.225 e. The minimum Gasteiger partial charge on any atom is -0.342 e. The summed E-state index contributed by atoms with van der Waals surface area (Å²) >= 11 is 0. The number of hydrogen-bond acceptors (Lipinski definition) is 2. The van der Waals surface area contributed by atoms with Crippen molar-refractivity contribution in [3.8, 4) is 0 Å². The summed E-state index contributed by atoms with van der Waals surface area (Å²) in [5.41, 5.74) is 0. The lowest BCUT2D eigenvalue weighted by Gasteiger charge is -2.36. The lowest BCUT2D eigenvalue weighted by molar-refractivity contribution is -0.136. The molecular weight excluding hydrogens is 200 g/mol. The van der Waals surface area contributed by atoms with Crippen LogP contribution in [0.3, 0.4) is 0 Å². The lowest BCUT2D eigenvalue weighted by atomic mass is 10.0. The van der Waals surface area contributed by atoms with Gasteiger partial charge in [0.05, 0.1) is 0 Å². The highest BCUT2D eigenvalue weighted by Crippen LogP contribution is 2.27. The molecule has 0 aromatic rings. The first-order valence-electron chi connectivity index (χ1n) is 6.63. The summed E-state index contributed by atoms with van der Waals surface area (Å²) in [4.78, 5) is 16.6. The number of carbonyl (C=O) groups excluding carboxylic acids is 1. The van der Waals surface area contributed by atoms with Gasteiger partial charge in [-0.3, -0.25) is 4.79 Å². The molecule has 2 aliphatic rings. The molecule has 0 aromatic carbocycles. The Balaban J connectivity index is 1.81. The molecule has 0 unspecified atom stereocenters. The van der Waals surface area contributed by atoms with Gasteiger partial charge in [-0.05, 0) is 39.8 Å². The summed E-state index contributed by atoms with van der Waals surface area (Å²) < 4.78 is 0. The monoisotopic (exact) mass is 224 g/mol. The molecule has 0 spiro atoms. The van der Waals surface area contributed by atoms with E-state index in [9.17, 15) is 4.79 Å². The molecule has 0 aromatic heterocycles. The summed E-state index contributed by atoms with van der Waals surface area (Å²) in [6.45, 7) is 1.94. The number of likely N-dealkylation sites (tertiary alicyclic amines) is 1. The molecule has 1 heterocycles. The largest absolute Gasteiger partial charge is 0.342 e. The number of nitrogens with zero attached hydrogens (tertiary/aromatic N) is 2. The molecule has 0 bridgehead atoms. The average molecular weight is 224 g/mol. The Labute approximate surface area is 98.8 Å². The van der Waals surface area contributed by atoms with Crippen molar-refractivity contribution in [3.05, 3.63) is 0 Å². The minimum atomic E-state index is 0.357. The van der Waals surface area contributed by atoms with E-state index in [2.05, 4.69) is 23.9 Å². The molecule has 1 saturated heterocycles. The van der Waals surface area contributed by atoms with Crippen LogP contribution in [0.4, 0.5) is 0 Å². The second kappa shape index (κ2) is 5.17. The number of rotatable bonds is 2. The first kappa shape index (κ1) is 11.9. The Bertz CT molecular complexity index is 238. The highest BCUT2D eigenvalue weighted by molar-refractivity contribution is 5.79. The molecule has 1 aliphatic heterocycles. The van der Waals surface area contributed by atoms with Crippen molar-refractivity contribution >= 4 is 5.91 Å². The van der Waals surface area contributed by atoms with Gasteiger partial charge in [0.2, 0.25) is 5.91 Å². The van der Waals surface area contributed by atoms with Crippen molar-refractivity contribution in [1.82, 2.24) is 9.80 Å². The van der Waals surface area contributed by atoms with Crippen LogP contribution in [-0.4, -0.2) is 48.9 Å². The average Bonchev–Trinajstić information content (AvgIpc) is 2.81. The molecule has 2 fully saturated rings. The second-order valence-electron chi connectivity index (χ2n) is 5.50. The SMILES string of the molecule is CN(C)C1CCN(C(=O)C2CCCC2)CC1. The fourth-order valence-electron chi connectivity index (χ4n) is 3.03. The van der Waals surface area contributed by atoms with E-state index in [1.807, 2.05) is 0 Å². The molecule has 1 aliphatic carbocycles. The van der Waals surface area contributed by atoms with Gasteiger partial charge in [0.1, 0.15) is 0 Å². The van der Waals surface area contributed by atoms with E-state index in [0.29, 0.717) is 17.9 Å². The Morgan fingerprint density at radius 2 is 1.62 bits per heavy atom. The topological polar surface area (TPSA) is 23.6 Å². The molecule has 92 valence electrons. The summed E-state index contributed by atoms with van der Waals surface area (Å²) in [5.74, 6) is 0.797. The standard InChI is InChI=1S/C13H24N2O/c1-14(2)12-7-9-15(10-8-12)13(16)11-5-3-4-6-11/h11-12H,3-10H2,1-2H3. The summed E-state index contributed by atoms with van der Waals surface area (Å²) in [6.07, 6.45) is 7.06. The fraction of sp³-hybridized carbons (Fsp3) is 0.923. The van der Waals surface area contributed by atoms with Crippen LogP contribution in [0.1, 0.15) is 38.5 Å². The van der Waals surface area contributed by atoms with Gasteiger partial charge >= 0.3 is 0 Å². The molecule has 2 rings (SSSR count). The fourth-order valence-corrected chi connectivity index (χ4v) is 3.03. The van der Waals surface area contributed by atoms with Crippen LogP contribution in [0.25, 0.3) is 0 Å². The van der Waals surface area contributed by atoms with Gasteiger partial charge in [0.15, 0.2) is 0 Å². The molecule has 1 saturated carbocycles. The van der Waals surface area contributed by atoms with Crippen molar-refractivity contribution in [2.75, 3.05) is 27.2 Å². The normalized spacial score (nSPS) is 24.3. The van der Waals surface area contributed by atoms with Crippen molar-refractivity contribution in [3.63, 3.8) is 0 Å². The third kappa shape index (κ3) is 2.57. The van der Waals surface area contributed by atoms with Gasteiger partial charge in [0, 0.05) is 25.0 Å². The highest BCUT2D eigenvalue weighted by atomic mass is 16.2. The first-order chi connectivity index (χ1) is 7.68. The van der Waals surface area contributed by atoms with Crippen LogP contribution in [0.15, 0.2) is 0 Å². The Hall–Kier alpha value is -0.570. The Morgan fingerprint density at radius 3 is 2.12 bits per heavy atom. The van der Waals surface area contributed by atoms with E-state index in [1.165, 1.54) is 12.8 Å². The predicted octanol–water partition coefficient (Wildman–Crippen LogP) is 1.73. The predicted molar refractivity (Wildman–Crippen MR) is 65.2 cm³/mol. The highest BCUT2D eigenvalue weighted by Gasteiger charge is 2.30. The Kier molecular flexibility index (Phi) is 3.85. The molecule has 0 N–H and O–H groups in total. The number of hydrogen-bond donors (Lipinski definition) is 0. The number of piperidine rings is 1. The van der Waals surface area contributed by atoms with Crippen molar-refractivity contribution in [2.45, 2.75) is 44.6 Å². The van der Waals surface area contributed by atoms with Crippen LogP contribution in [0.5, 0.6) is 0 Å². The first-order valence-corrected chi connectivity index (χ1v) is 6.63. The van der Waals surface area contributed by atoms with Crippen molar-refractivity contribution in [2.24, 2.45) is 5.92 Å².